The molecule has 0 aromatic rings. The van der Waals surface area contributed by atoms with Crippen molar-refractivity contribution in [3.8, 4) is 0 Å². The highest BCUT2D eigenvalue weighted by molar-refractivity contribution is 5.75. The van der Waals surface area contributed by atoms with E-state index in [0.717, 1.165) is 19.4 Å². The van der Waals surface area contributed by atoms with Crippen LogP contribution in [0.2, 0.25) is 0 Å². The van der Waals surface area contributed by atoms with Gasteiger partial charge in [-0.15, -0.1) is 0 Å². The lowest BCUT2D eigenvalue weighted by Gasteiger charge is -1.99. The Bertz CT molecular complexity index is 81.6. The molecule has 0 heterocycles. The van der Waals surface area contributed by atoms with Gasteiger partial charge in [0.25, 0.3) is 0 Å². The summed E-state index contributed by atoms with van der Waals surface area (Å²) in [5.74, 6) is 0.156. The predicted molar refractivity (Wildman–Crippen MR) is 49.6 cm³/mol. The zero-order chi connectivity index (χ0) is 9.11. The van der Waals surface area contributed by atoms with Crippen molar-refractivity contribution in [3.63, 3.8) is 0 Å². The highest BCUT2D eigenvalue weighted by Gasteiger charge is 1.91. The number of amides is 1. The lowest BCUT2D eigenvalue weighted by Crippen LogP contribution is -2.22. The molecule has 2 nitrogen and oxygen atoms in total. The average Bonchev–Trinajstić information content (AvgIpc) is 2.08. The Morgan fingerprint density at radius 1 is 1.27 bits per heavy atom. The van der Waals surface area contributed by atoms with Crippen molar-refractivity contribution in [1.82, 2.24) is 5.32 Å². The number of hydrogen-bond donors (Lipinski definition) is 1. The van der Waals surface area contributed by atoms with Gasteiger partial charge in [-0.05, 0) is 6.42 Å². The van der Waals surface area contributed by atoms with Gasteiger partial charge in [0.05, 0.1) is 0 Å². The standard InChI is InChI=1S/C7H15NO.C2H6/c1-3-5-6-8-7(9)4-2;1-2/h3-6H2,1-2H3,(H,8,9);1-2H3. The number of carbonyl (C=O) groups is 1. The van der Waals surface area contributed by atoms with Crippen LogP contribution in [0.25, 0.3) is 0 Å². The highest BCUT2D eigenvalue weighted by Crippen LogP contribution is 1.83. The van der Waals surface area contributed by atoms with Crippen LogP contribution < -0.4 is 5.32 Å². The van der Waals surface area contributed by atoms with E-state index >= 15 is 0 Å². The smallest absolute Gasteiger partial charge is 0.219 e. The third-order valence-electron chi connectivity index (χ3n) is 1.17. The van der Waals surface area contributed by atoms with Crippen LogP contribution in [0.4, 0.5) is 0 Å². The second kappa shape index (κ2) is 12.2. The number of carbonyl (C=O) groups excluding carboxylic acids is 1. The fraction of sp³-hybridized carbons (Fsp3) is 0.889. The zero-order valence-corrected chi connectivity index (χ0v) is 8.24. The molecule has 0 saturated carbocycles. The Kier molecular flexibility index (Phi) is 14.5. The molecular formula is C9H21NO. The molecule has 1 amide bonds. The average molecular weight is 159 g/mol. The van der Waals surface area contributed by atoms with Crippen molar-refractivity contribution < 1.29 is 4.79 Å². The van der Waals surface area contributed by atoms with E-state index in [4.69, 9.17) is 0 Å². The molecule has 1 N–H and O–H groups in total. The van der Waals surface area contributed by atoms with E-state index in [2.05, 4.69) is 12.2 Å². The molecule has 0 rings (SSSR count). The first-order valence-corrected chi connectivity index (χ1v) is 4.58. The summed E-state index contributed by atoms with van der Waals surface area (Å²) >= 11 is 0. The number of nitrogens with one attached hydrogen (secondary N) is 1. The number of rotatable bonds is 4. The van der Waals surface area contributed by atoms with Crippen LogP contribution in [0.3, 0.4) is 0 Å². The van der Waals surface area contributed by atoms with Crippen LogP contribution >= 0.6 is 0 Å². The zero-order valence-electron chi connectivity index (χ0n) is 8.24. The van der Waals surface area contributed by atoms with Crippen LogP contribution in [-0.2, 0) is 4.79 Å². The molecule has 11 heavy (non-hydrogen) atoms. The Labute approximate surface area is 70.4 Å². The lowest BCUT2D eigenvalue weighted by atomic mass is 10.3. The van der Waals surface area contributed by atoms with Gasteiger partial charge < -0.3 is 5.32 Å². The predicted octanol–water partition coefficient (Wildman–Crippen LogP) is 2.34. The molecule has 0 bridgehead atoms. The fourth-order valence-electron chi connectivity index (χ4n) is 0.530. The van der Waals surface area contributed by atoms with Crippen LogP contribution in [0.5, 0.6) is 0 Å². The molecule has 0 aliphatic carbocycles. The molecule has 0 aliphatic heterocycles. The first-order valence-electron chi connectivity index (χ1n) is 4.58. The van der Waals surface area contributed by atoms with Gasteiger partial charge in [0.15, 0.2) is 0 Å². The Hall–Kier alpha value is -0.530. The van der Waals surface area contributed by atoms with Crippen LogP contribution in [0.1, 0.15) is 47.0 Å². The summed E-state index contributed by atoms with van der Waals surface area (Å²) < 4.78 is 0. The van der Waals surface area contributed by atoms with Gasteiger partial charge in [0, 0.05) is 13.0 Å². The van der Waals surface area contributed by atoms with E-state index in [1.807, 2.05) is 20.8 Å². The molecule has 0 atom stereocenters. The van der Waals surface area contributed by atoms with E-state index in [0.29, 0.717) is 6.42 Å². The molecule has 0 unspecified atom stereocenters. The summed E-state index contributed by atoms with van der Waals surface area (Å²) in [6.45, 7) is 8.81. The molecule has 0 aliphatic rings. The van der Waals surface area contributed by atoms with Gasteiger partial charge in [0.1, 0.15) is 0 Å². The molecule has 0 fully saturated rings. The summed E-state index contributed by atoms with van der Waals surface area (Å²) in [4.78, 5) is 10.6. The maximum atomic E-state index is 10.6. The molecule has 0 saturated heterocycles. The van der Waals surface area contributed by atoms with Crippen molar-refractivity contribution in [2.24, 2.45) is 0 Å². The minimum Gasteiger partial charge on any atom is -0.356 e. The van der Waals surface area contributed by atoms with Gasteiger partial charge >= 0.3 is 0 Å². The van der Waals surface area contributed by atoms with Crippen LogP contribution in [-0.4, -0.2) is 12.5 Å². The monoisotopic (exact) mass is 159 g/mol. The van der Waals surface area contributed by atoms with Gasteiger partial charge in [-0.2, -0.15) is 0 Å². The lowest BCUT2D eigenvalue weighted by molar-refractivity contribution is -0.120. The number of unbranched alkanes of at least 4 members (excludes halogenated alkanes) is 1. The second-order valence-corrected chi connectivity index (χ2v) is 2.06. The second-order valence-electron chi connectivity index (χ2n) is 2.06. The van der Waals surface area contributed by atoms with Gasteiger partial charge in [0.2, 0.25) is 5.91 Å². The summed E-state index contributed by atoms with van der Waals surface area (Å²) in [7, 11) is 0. The summed E-state index contributed by atoms with van der Waals surface area (Å²) in [5, 5.41) is 2.79. The first-order chi connectivity index (χ1) is 5.31. The highest BCUT2D eigenvalue weighted by atomic mass is 16.1. The molecule has 2 heteroatoms. The van der Waals surface area contributed by atoms with E-state index in [1.165, 1.54) is 0 Å². The van der Waals surface area contributed by atoms with Crippen LogP contribution in [0.15, 0.2) is 0 Å². The van der Waals surface area contributed by atoms with Gasteiger partial charge in [-0.3, -0.25) is 4.79 Å². The van der Waals surface area contributed by atoms with E-state index in [9.17, 15) is 4.79 Å². The maximum absolute atomic E-state index is 10.6. The topological polar surface area (TPSA) is 29.1 Å². The number of hydrogen-bond acceptors (Lipinski definition) is 1. The van der Waals surface area contributed by atoms with Gasteiger partial charge in [-0.25, -0.2) is 0 Å². The normalized spacial score (nSPS) is 8.00. The van der Waals surface area contributed by atoms with Gasteiger partial charge in [-0.1, -0.05) is 34.1 Å². The third-order valence-corrected chi connectivity index (χ3v) is 1.17. The minimum atomic E-state index is 0.156. The SMILES string of the molecule is CC.CCCCNC(=O)CC. The van der Waals surface area contributed by atoms with E-state index < -0.39 is 0 Å². The van der Waals surface area contributed by atoms with Crippen molar-refractivity contribution in [2.75, 3.05) is 6.54 Å². The molecule has 68 valence electrons. The van der Waals surface area contributed by atoms with Crippen molar-refractivity contribution in [3.05, 3.63) is 0 Å². The Morgan fingerprint density at radius 3 is 2.18 bits per heavy atom. The van der Waals surface area contributed by atoms with E-state index in [1.54, 1.807) is 0 Å². The van der Waals surface area contributed by atoms with E-state index in [-0.39, 0.29) is 5.91 Å². The molecule has 0 spiro atoms. The Balaban J connectivity index is 0. The van der Waals surface area contributed by atoms with Crippen molar-refractivity contribution in [1.29, 1.82) is 0 Å². The Morgan fingerprint density at radius 2 is 1.82 bits per heavy atom. The van der Waals surface area contributed by atoms with Crippen LogP contribution in [0, 0.1) is 0 Å². The summed E-state index contributed by atoms with van der Waals surface area (Å²) in [6, 6.07) is 0. The molecule has 0 aromatic heterocycles. The quantitative estimate of drug-likeness (QED) is 0.627. The van der Waals surface area contributed by atoms with Crippen molar-refractivity contribution >= 4 is 5.91 Å². The largest absolute Gasteiger partial charge is 0.356 e. The third kappa shape index (κ3) is 12.6. The molecule has 0 aromatic carbocycles. The first kappa shape index (κ1) is 13.1. The fourth-order valence-corrected chi connectivity index (χ4v) is 0.530. The summed E-state index contributed by atoms with van der Waals surface area (Å²) in [5.41, 5.74) is 0. The maximum Gasteiger partial charge on any atom is 0.219 e. The summed E-state index contributed by atoms with van der Waals surface area (Å²) in [6.07, 6.45) is 2.83. The van der Waals surface area contributed by atoms with Crippen molar-refractivity contribution in [2.45, 2.75) is 47.0 Å². The molecule has 0 radical (unpaired) electrons. The minimum absolute atomic E-state index is 0.156. The molecular weight excluding hydrogens is 138 g/mol.